The van der Waals surface area contributed by atoms with E-state index in [1.165, 1.54) is 18.2 Å². The van der Waals surface area contributed by atoms with Crippen molar-refractivity contribution in [3.05, 3.63) is 29.3 Å². The third kappa shape index (κ3) is 3.00. The summed E-state index contributed by atoms with van der Waals surface area (Å²) >= 11 is 0. The summed E-state index contributed by atoms with van der Waals surface area (Å²) in [5, 5.41) is 9.44. The van der Waals surface area contributed by atoms with Crippen LogP contribution < -0.4 is 4.74 Å². The molecule has 1 fully saturated rings. The Morgan fingerprint density at radius 3 is 2.68 bits per heavy atom. The monoisotopic (exact) mass is 346 g/mol. The van der Waals surface area contributed by atoms with Gasteiger partial charge in [0.25, 0.3) is 0 Å². The summed E-state index contributed by atoms with van der Waals surface area (Å²) in [6.45, 7) is 1.88. The molecular formula is C20H26O5. The molecule has 0 heterocycles. The second-order valence-electron chi connectivity index (χ2n) is 7.53. The van der Waals surface area contributed by atoms with E-state index in [0.717, 1.165) is 25.0 Å². The number of benzene rings is 1. The van der Waals surface area contributed by atoms with E-state index in [-0.39, 0.29) is 24.2 Å². The van der Waals surface area contributed by atoms with Gasteiger partial charge in [0.1, 0.15) is 5.75 Å². The molecule has 1 saturated carbocycles. The average molecular weight is 346 g/mol. The number of carboxylic acid groups (broad SMARTS) is 1. The molecule has 5 nitrogen and oxygen atoms in total. The van der Waals surface area contributed by atoms with Gasteiger partial charge >= 0.3 is 11.9 Å². The Morgan fingerprint density at radius 1 is 1.28 bits per heavy atom. The lowest BCUT2D eigenvalue weighted by Gasteiger charge is -2.50. The third-order valence-corrected chi connectivity index (χ3v) is 6.37. The largest absolute Gasteiger partial charge is 0.497 e. The lowest BCUT2D eigenvalue weighted by Crippen LogP contribution is -2.48. The van der Waals surface area contributed by atoms with E-state index >= 15 is 0 Å². The first kappa shape index (κ1) is 17.8. The van der Waals surface area contributed by atoms with Crippen molar-refractivity contribution in [1.29, 1.82) is 0 Å². The molecule has 5 heteroatoms. The maximum atomic E-state index is 12.5. The first-order valence-electron chi connectivity index (χ1n) is 8.87. The van der Waals surface area contributed by atoms with Crippen molar-refractivity contribution in [1.82, 2.24) is 0 Å². The van der Waals surface area contributed by atoms with Crippen molar-refractivity contribution in [3.8, 4) is 5.75 Å². The molecule has 4 atom stereocenters. The average Bonchev–Trinajstić information content (AvgIpc) is 2.62. The molecule has 0 saturated heterocycles. The number of esters is 1. The van der Waals surface area contributed by atoms with Gasteiger partial charge in [0.2, 0.25) is 0 Å². The summed E-state index contributed by atoms with van der Waals surface area (Å²) in [5.41, 5.74) is 1.86. The van der Waals surface area contributed by atoms with Gasteiger partial charge in [-0.1, -0.05) is 6.07 Å². The number of aliphatic carboxylic acids is 1. The topological polar surface area (TPSA) is 72.8 Å². The minimum Gasteiger partial charge on any atom is -0.497 e. The molecule has 0 amide bonds. The third-order valence-electron chi connectivity index (χ3n) is 6.37. The Kier molecular flexibility index (Phi) is 4.76. The zero-order valence-corrected chi connectivity index (χ0v) is 15.1. The molecule has 25 heavy (non-hydrogen) atoms. The van der Waals surface area contributed by atoms with Crippen molar-refractivity contribution >= 4 is 11.9 Å². The van der Waals surface area contributed by atoms with Crippen LogP contribution in [0.2, 0.25) is 0 Å². The lowest BCUT2D eigenvalue weighted by atomic mass is 9.54. The van der Waals surface area contributed by atoms with Gasteiger partial charge in [0.05, 0.1) is 19.6 Å². The van der Waals surface area contributed by atoms with Crippen LogP contribution in [0.5, 0.6) is 5.75 Å². The fourth-order valence-electron chi connectivity index (χ4n) is 5.06. The van der Waals surface area contributed by atoms with Crippen molar-refractivity contribution in [2.75, 3.05) is 14.2 Å². The molecule has 0 bridgehead atoms. The van der Waals surface area contributed by atoms with Gasteiger partial charge in [-0.05, 0) is 73.6 Å². The van der Waals surface area contributed by atoms with Gasteiger partial charge in [0.15, 0.2) is 0 Å². The molecule has 0 unspecified atom stereocenters. The fraction of sp³-hybridized carbons (Fsp3) is 0.600. The summed E-state index contributed by atoms with van der Waals surface area (Å²) in [6.07, 6.45) is 3.34. The Hall–Kier alpha value is -2.04. The Morgan fingerprint density at radius 2 is 2.04 bits per heavy atom. The summed E-state index contributed by atoms with van der Waals surface area (Å²) in [4.78, 5) is 24.0. The van der Waals surface area contributed by atoms with Crippen molar-refractivity contribution < 1.29 is 24.2 Å². The number of carbonyl (C=O) groups excluding carboxylic acids is 1. The maximum Gasteiger partial charge on any atom is 0.311 e. The second-order valence-corrected chi connectivity index (χ2v) is 7.53. The fourth-order valence-corrected chi connectivity index (χ4v) is 5.06. The van der Waals surface area contributed by atoms with Gasteiger partial charge < -0.3 is 14.6 Å². The predicted molar refractivity (Wildman–Crippen MR) is 92.6 cm³/mol. The van der Waals surface area contributed by atoms with E-state index in [9.17, 15) is 14.7 Å². The number of carbonyl (C=O) groups is 2. The summed E-state index contributed by atoms with van der Waals surface area (Å²) in [5.74, 6) is 0.0200. The van der Waals surface area contributed by atoms with Crippen LogP contribution in [0, 0.1) is 17.3 Å². The highest BCUT2D eigenvalue weighted by Gasteiger charge is 2.53. The highest BCUT2D eigenvalue weighted by atomic mass is 16.5. The molecule has 1 aromatic rings. The number of hydrogen-bond acceptors (Lipinski definition) is 4. The van der Waals surface area contributed by atoms with Crippen LogP contribution in [0.25, 0.3) is 0 Å². The molecule has 2 aliphatic rings. The van der Waals surface area contributed by atoms with E-state index in [1.54, 1.807) is 7.11 Å². The molecule has 3 rings (SSSR count). The SMILES string of the molecule is COC(=O)[C@@]1(C)CC[C@@H]2c3ccc(OC)cc3CC[C@H]2[C@@H]1CC(=O)O. The number of aryl methyl sites for hydroxylation is 1. The van der Waals surface area contributed by atoms with Crippen LogP contribution in [-0.4, -0.2) is 31.3 Å². The molecule has 1 N–H and O–H groups in total. The van der Waals surface area contributed by atoms with Crippen LogP contribution in [0.3, 0.4) is 0 Å². The molecule has 136 valence electrons. The van der Waals surface area contributed by atoms with Crippen LogP contribution in [0.4, 0.5) is 0 Å². The summed E-state index contributed by atoms with van der Waals surface area (Å²) in [6, 6.07) is 6.18. The lowest BCUT2D eigenvalue weighted by molar-refractivity contribution is -0.163. The van der Waals surface area contributed by atoms with Crippen molar-refractivity contribution in [2.45, 2.75) is 44.9 Å². The highest BCUT2D eigenvalue weighted by molar-refractivity contribution is 5.78. The number of hydrogen-bond donors (Lipinski definition) is 1. The van der Waals surface area contributed by atoms with Gasteiger partial charge in [-0.15, -0.1) is 0 Å². The molecular weight excluding hydrogens is 320 g/mol. The Balaban J connectivity index is 1.97. The molecule has 0 radical (unpaired) electrons. The smallest absolute Gasteiger partial charge is 0.311 e. The standard InChI is InChI=1S/C20H26O5/c1-20(19(23)25-3)9-8-15-14-7-5-13(24-2)10-12(14)4-6-16(15)17(20)11-18(21)22/h5,7,10,15-17H,4,6,8-9,11H2,1-3H3,(H,21,22)/t15-,16-,17+,20+/m1/s1. The number of methoxy groups -OCH3 is 2. The molecule has 2 aliphatic carbocycles. The minimum absolute atomic E-state index is 0.0122. The number of fused-ring (bicyclic) bond motifs is 3. The van der Waals surface area contributed by atoms with E-state index in [2.05, 4.69) is 12.1 Å². The van der Waals surface area contributed by atoms with Crippen molar-refractivity contribution in [2.24, 2.45) is 17.3 Å². The molecule has 1 aromatic carbocycles. The first-order valence-corrected chi connectivity index (χ1v) is 8.87. The zero-order chi connectivity index (χ0) is 18.2. The van der Waals surface area contributed by atoms with E-state index in [1.807, 2.05) is 13.0 Å². The normalized spacial score (nSPS) is 30.8. The first-order chi connectivity index (χ1) is 11.9. The van der Waals surface area contributed by atoms with Gasteiger partial charge in [-0.2, -0.15) is 0 Å². The van der Waals surface area contributed by atoms with Crippen molar-refractivity contribution in [3.63, 3.8) is 0 Å². The van der Waals surface area contributed by atoms with Gasteiger partial charge in [0, 0.05) is 6.42 Å². The second kappa shape index (κ2) is 6.70. The molecule has 0 aromatic heterocycles. The molecule has 0 spiro atoms. The van der Waals surface area contributed by atoms with Gasteiger partial charge in [-0.3, -0.25) is 9.59 Å². The van der Waals surface area contributed by atoms with E-state index in [4.69, 9.17) is 9.47 Å². The quantitative estimate of drug-likeness (QED) is 0.846. The summed E-state index contributed by atoms with van der Waals surface area (Å²) in [7, 11) is 3.05. The summed E-state index contributed by atoms with van der Waals surface area (Å²) < 4.78 is 10.4. The number of ether oxygens (including phenoxy) is 2. The van der Waals surface area contributed by atoms with Crippen LogP contribution in [0.15, 0.2) is 18.2 Å². The number of carboxylic acids is 1. The van der Waals surface area contributed by atoms with E-state index < -0.39 is 11.4 Å². The van der Waals surface area contributed by atoms with Crippen LogP contribution in [-0.2, 0) is 20.7 Å². The predicted octanol–water partition coefficient (Wildman–Crippen LogP) is 3.41. The van der Waals surface area contributed by atoms with E-state index in [0.29, 0.717) is 12.3 Å². The van der Waals surface area contributed by atoms with Gasteiger partial charge in [-0.25, -0.2) is 0 Å². The Labute approximate surface area is 148 Å². The van der Waals surface area contributed by atoms with Crippen LogP contribution >= 0.6 is 0 Å². The highest BCUT2D eigenvalue weighted by Crippen LogP contribution is 2.56. The zero-order valence-electron chi connectivity index (χ0n) is 15.1. The Bertz CT molecular complexity index is 683. The molecule has 0 aliphatic heterocycles. The number of rotatable bonds is 4. The van der Waals surface area contributed by atoms with Crippen LogP contribution in [0.1, 0.15) is 49.7 Å². The minimum atomic E-state index is -0.846. The maximum absolute atomic E-state index is 12.5.